The molecule has 0 radical (unpaired) electrons. The summed E-state index contributed by atoms with van der Waals surface area (Å²) in [5.41, 5.74) is 0. The van der Waals surface area contributed by atoms with Gasteiger partial charge in [-0.15, -0.1) is 0 Å². The van der Waals surface area contributed by atoms with Gasteiger partial charge in [-0.3, -0.25) is 4.79 Å². The van der Waals surface area contributed by atoms with Crippen LogP contribution in [0.2, 0.25) is 0 Å². The number of sulfonamides is 1. The lowest BCUT2D eigenvalue weighted by molar-refractivity contribution is -0.148. The Hall–Kier alpha value is -0.700. The average Bonchev–Trinajstić information content (AvgIpc) is 2.36. The molecule has 1 aliphatic rings. The number of aliphatic hydroxyl groups is 1. The summed E-state index contributed by atoms with van der Waals surface area (Å²) in [5, 5.41) is 9.13. The van der Waals surface area contributed by atoms with Crippen LogP contribution in [0.15, 0.2) is 0 Å². The number of nitrogens with one attached hydrogen (secondary N) is 1. The lowest BCUT2D eigenvalue weighted by atomic mass is 10.2. The number of hydrogen-bond acceptors (Lipinski definition) is 5. The zero-order chi connectivity index (χ0) is 15.3. The smallest absolute Gasteiger partial charge is 0.240 e. The monoisotopic (exact) mass is 308 g/mol. The minimum Gasteiger partial charge on any atom is -0.394 e. The fraction of sp³-hybridized carbons (Fsp3) is 0.917. The van der Waals surface area contributed by atoms with Crippen LogP contribution in [0.25, 0.3) is 0 Å². The van der Waals surface area contributed by atoms with Crippen LogP contribution in [0.3, 0.4) is 0 Å². The van der Waals surface area contributed by atoms with E-state index >= 15 is 0 Å². The summed E-state index contributed by atoms with van der Waals surface area (Å²) in [6.07, 6.45) is -0.0938. The standard InChI is InChI=1S/C12H24N2O5S/c1-4-5-20(17,18)13-10(3)12(16)14-6-9(2)19-11(7-14)8-15/h9-11,13,15H,4-8H2,1-3H3. The van der Waals surface area contributed by atoms with Crippen LogP contribution in [0.5, 0.6) is 0 Å². The van der Waals surface area contributed by atoms with Crippen molar-refractivity contribution in [1.29, 1.82) is 0 Å². The number of amides is 1. The van der Waals surface area contributed by atoms with Crippen LogP contribution in [-0.2, 0) is 19.6 Å². The molecule has 7 nitrogen and oxygen atoms in total. The topological polar surface area (TPSA) is 95.9 Å². The van der Waals surface area contributed by atoms with Gasteiger partial charge in [0.05, 0.1) is 30.6 Å². The summed E-state index contributed by atoms with van der Waals surface area (Å²) in [6, 6.07) is -0.809. The van der Waals surface area contributed by atoms with Crippen molar-refractivity contribution < 1.29 is 23.1 Å². The normalized spacial score (nSPS) is 25.5. The van der Waals surface area contributed by atoms with Gasteiger partial charge in [-0.1, -0.05) is 6.92 Å². The third-order valence-electron chi connectivity index (χ3n) is 3.04. The Kier molecular flexibility index (Phi) is 6.38. The molecule has 0 aromatic rings. The van der Waals surface area contributed by atoms with Gasteiger partial charge >= 0.3 is 0 Å². The molecule has 0 bridgehead atoms. The predicted octanol–water partition coefficient (Wildman–Crippen LogP) is -0.687. The first-order valence-corrected chi connectivity index (χ1v) is 8.49. The Morgan fingerprint density at radius 2 is 2.15 bits per heavy atom. The number of hydrogen-bond donors (Lipinski definition) is 2. The Balaban J connectivity index is 2.64. The van der Waals surface area contributed by atoms with Gasteiger partial charge in [-0.05, 0) is 20.3 Å². The second kappa shape index (κ2) is 7.35. The van der Waals surface area contributed by atoms with Crippen LogP contribution < -0.4 is 4.72 Å². The van der Waals surface area contributed by atoms with Crippen molar-refractivity contribution in [2.24, 2.45) is 0 Å². The van der Waals surface area contributed by atoms with Gasteiger partial charge in [0.15, 0.2) is 0 Å². The van der Waals surface area contributed by atoms with E-state index in [0.717, 1.165) is 0 Å². The molecule has 1 saturated heterocycles. The molecule has 8 heteroatoms. The molecular formula is C12H24N2O5S. The van der Waals surface area contributed by atoms with Crippen molar-refractivity contribution in [3.8, 4) is 0 Å². The zero-order valence-corrected chi connectivity index (χ0v) is 13.0. The summed E-state index contributed by atoms with van der Waals surface area (Å²) in [6.45, 7) is 5.62. The van der Waals surface area contributed by atoms with Crippen LogP contribution in [0, 0.1) is 0 Å². The second-order valence-corrected chi connectivity index (χ2v) is 7.03. The molecule has 1 rings (SSSR count). The Labute approximate surface area is 120 Å². The minimum atomic E-state index is -3.43. The Bertz CT molecular complexity index is 426. The third kappa shape index (κ3) is 5.01. The molecule has 118 valence electrons. The van der Waals surface area contributed by atoms with Crippen molar-refractivity contribution in [3.05, 3.63) is 0 Å². The molecule has 0 aromatic heterocycles. The van der Waals surface area contributed by atoms with Gasteiger partial charge < -0.3 is 14.7 Å². The largest absolute Gasteiger partial charge is 0.394 e. The number of carbonyl (C=O) groups is 1. The molecule has 20 heavy (non-hydrogen) atoms. The van der Waals surface area contributed by atoms with Crippen LogP contribution >= 0.6 is 0 Å². The maximum Gasteiger partial charge on any atom is 0.240 e. The summed E-state index contributed by atoms with van der Waals surface area (Å²) in [5.74, 6) is -0.290. The molecule has 3 unspecified atom stereocenters. The van der Waals surface area contributed by atoms with Gasteiger partial charge in [0, 0.05) is 13.1 Å². The number of rotatable bonds is 6. The highest BCUT2D eigenvalue weighted by atomic mass is 32.2. The lowest BCUT2D eigenvalue weighted by Gasteiger charge is -2.37. The molecule has 2 N–H and O–H groups in total. The van der Waals surface area contributed by atoms with E-state index in [2.05, 4.69) is 4.72 Å². The van der Waals surface area contributed by atoms with Crippen molar-refractivity contribution in [1.82, 2.24) is 9.62 Å². The maximum atomic E-state index is 12.2. The van der Waals surface area contributed by atoms with Crippen molar-refractivity contribution >= 4 is 15.9 Å². The highest BCUT2D eigenvalue weighted by Crippen LogP contribution is 2.12. The van der Waals surface area contributed by atoms with E-state index in [-0.39, 0.29) is 30.9 Å². The fourth-order valence-electron chi connectivity index (χ4n) is 2.25. The predicted molar refractivity (Wildman–Crippen MR) is 74.7 cm³/mol. The molecule has 0 aliphatic carbocycles. The van der Waals surface area contributed by atoms with Gasteiger partial charge in [0.1, 0.15) is 0 Å². The van der Waals surface area contributed by atoms with E-state index in [1.54, 1.807) is 6.92 Å². The zero-order valence-electron chi connectivity index (χ0n) is 12.2. The van der Waals surface area contributed by atoms with Crippen LogP contribution in [-0.4, -0.2) is 68.0 Å². The van der Waals surface area contributed by atoms with Crippen molar-refractivity contribution in [2.75, 3.05) is 25.4 Å². The molecule has 1 aliphatic heterocycles. The number of carbonyl (C=O) groups excluding carboxylic acids is 1. The molecule has 1 fully saturated rings. The van der Waals surface area contributed by atoms with Crippen LogP contribution in [0.4, 0.5) is 0 Å². The molecule has 0 aromatic carbocycles. The summed E-state index contributed by atoms with van der Waals surface area (Å²) in [4.78, 5) is 13.8. The summed E-state index contributed by atoms with van der Waals surface area (Å²) < 4.78 is 31.2. The van der Waals surface area contributed by atoms with Gasteiger partial charge in [-0.2, -0.15) is 0 Å². The molecular weight excluding hydrogens is 284 g/mol. The highest BCUT2D eigenvalue weighted by Gasteiger charge is 2.31. The first kappa shape index (κ1) is 17.4. The third-order valence-corrected chi connectivity index (χ3v) is 4.70. The van der Waals surface area contributed by atoms with E-state index in [9.17, 15) is 13.2 Å². The average molecular weight is 308 g/mol. The SMILES string of the molecule is CCCS(=O)(=O)NC(C)C(=O)N1CC(C)OC(CO)C1. The first-order chi connectivity index (χ1) is 9.29. The number of ether oxygens (including phenoxy) is 1. The van der Waals surface area contributed by atoms with E-state index in [1.807, 2.05) is 6.92 Å². The van der Waals surface area contributed by atoms with Crippen molar-refractivity contribution in [3.63, 3.8) is 0 Å². The molecule has 1 heterocycles. The van der Waals surface area contributed by atoms with E-state index in [4.69, 9.17) is 9.84 Å². The van der Waals surface area contributed by atoms with Gasteiger partial charge in [0.2, 0.25) is 15.9 Å². The fourth-order valence-corrected chi connectivity index (χ4v) is 3.54. The van der Waals surface area contributed by atoms with Crippen molar-refractivity contribution in [2.45, 2.75) is 45.4 Å². The number of aliphatic hydroxyl groups excluding tert-OH is 1. The Morgan fingerprint density at radius 3 is 2.70 bits per heavy atom. The maximum absolute atomic E-state index is 12.2. The van der Waals surface area contributed by atoms with Crippen LogP contribution in [0.1, 0.15) is 27.2 Å². The van der Waals surface area contributed by atoms with Gasteiger partial charge in [0.25, 0.3) is 0 Å². The van der Waals surface area contributed by atoms with E-state index in [1.165, 1.54) is 11.8 Å². The molecule has 3 atom stereocenters. The molecule has 1 amide bonds. The Morgan fingerprint density at radius 1 is 1.50 bits per heavy atom. The minimum absolute atomic E-state index is 0.00337. The first-order valence-electron chi connectivity index (χ1n) is 6.84. The summed E-state index contributed by atoms with van der Waals surface area (Å²) >= 11 is 0. The van der Waals surface area contributed by atoms with E-state index < -0.39 is 22.2 Å². The summed E-state index contributed by atoms with van der Waals surface area (Å²) in [7, 11) is -3.43. The number of nitrogens with zero attached hydrogens (tertiary/aromatic N) is 1. The number of morpholine rings is 1. The highest BCUT2D eigenvalue weighted by molar-refractivity contribution is 7.89. The second-order valence-electron chi connectivity index (χ2n) is 5.15. The molecule has 0 saturated carbocycles. The van der Waals surface area contributed by atoms with E-state index in [0.29, 0.717) is 13.0 Å². The molecule has 0 spiro atoms. The quantitative estimate of drug-likeness (QED) is 0.677. The lowest BCUT2D eigenvalue weighted by Crippen LogP contribution is -2.55. The van der Waals surface area contributed by atoms with Gasteiger partial charge in [-0.25, -0.2) is 13.1 Å².